The van der Waals surface area contributed by atoms with Crippen molar-refractivity contribution >= 4 is 0 Å². The van der Waals surface area contributed by atoms with E-state index >= 15 is 0 Å². The Bertz CT molecular complexity index is 1080. The van der Waals surface area contributed by atoms with Gasteiger partial charge < -0.3 is 9.47 Å². The van der Waals surface area contributed by atoms with Gasteiger partial charge in [0.2, 0.25) is 0 Å². The van der Waals surface area contributed by atoms with Gasteiger partial charge in [-0.3, -0.25) is 9.88 Å². The molecule has 1 aliphatic rings. The van der Waals surface area contributed by atoms with E-state index in [9.17, 15) is 4.79 Å². The van der Waals surface area contributed by atoms with Gasteiger partial charge in [-0.05, 0) is 29.0 Å². The minimum atomic E-state index is -0.435. The van der Waals surface area contributed by atoms with Gasteiger partial charge in [-0.15, -0.1) is 0 Å². The van der Waals surface area contributed by atoms with Crippen molar-refractivity contribution in [2.45, 2.75) is 58.6 Å². The maximum absolute atomic E-state index is 11.5. The highest BCUT2D eigenvalue weighted by Gasteiger charge is 2.35. The summed E-state index contributed by atoms with van der Waals surface area (Å²) in [6, 6.07) is 16.7. The van der Waals surface area contributed by atoms with E-state index in [4.69, 9.17) is 9.47 Å². The number of H-pyrrole nitrogens is 2. The Balaban J connectivity index is 1.56. The number of aromatic amines is 2. The van der Waals surface area contributed by atoms with Crippen molar-refractivity contribution in [1.29, 1.82) is 0 Å². The number of nitrogens with one attached hydrogen (secondary N) is 2. The van der Waals surface area contributed by atoms with E-state index < -0.39 is 6.29 Å². The Hall–Kier alpha value is -2.74. The summed E-state index contributed by atoms with van der Waals surface area (Å²) in [5.74, 6) is 0.602. The quantitative estimate of drug-likeness (QED) is 0.614. The minimum absolute atomic E-state index is 0.0754. The monoisotopic (exact) mass is 436 g/mol. The lowest BCUT2D eigenvalue weighted by Crippen LogP contribution is -2.46. The molecule has 7 heteroatoms. The average molecular weight is 437 g/mol. The standard InChI is InChI=1S/C25H32N4O3/c1-17-12-18(14-20(13-17)25(2,3)4)16-32-23-22(19-8-6-5-7-9-19)29(10-11-31-23)15-21-26-24(30)28-27-21/h5-9,12-14,22-23H,10-11,15-16H2,1-4H3,(H2,26,27,28,30). The lowest BCUT2D eigenvalue weighted by atomic mass is 9.85. The second kappa shape index (κ2) is 9.40. The summed E-state index contributed by atoms with van der Waals surface area (Å²) < 4.78 is 12.5. The van der Waals surface area contributed by atoms with Crippen LogP contribution >= 0.6 is 0 Å². The molecule has 2 aromatic carbocycles. The number of benzene rings is 2. The average Bonchev–Trinajstić information content (AvgIpc) is 3.16. The molecular weight excluding hydrogens is 404 g/mol. The molecule has 1 saturated heterocycles. The second-order valence-electron chi connectivity index (χ2n) is 9.46. The van der Waals surface area contributed by atoms with Crippen LogP contribution in [-0.2, 0) is 28.0 Å². The SMILES string of the molecule is Cc1cc(COC2OCCN(Cc3n[nH]c(=O)[nH]3)C2c2ccccc2)cc(C(C)(C)C)c1. The van der Waals surface area contributed by atoms with Crippen molar-refractivity contribution < 1.29 is 9.47 Å². The van der Waals surface area contributed by atoms with Crippen LogP contribution in [0.15, 0.2) is 53.3 Å². The topological polar surface area (TPSA) is 83.2 Å². The molecule has 0 bridgehead atoms. The summed E-state index contributed by atoms with van der Waals surface area (Å²) in [4.78, 5) is 16.5. The van der Waals surface area contributed by atoms with Crippen molar-refractivity contribution in [1.82, 2.24) is 20.1 Å². The van der Waals surface area contributed by atoms with Crippen LogP contribution < -0.4 is 5.69 Å². The third-order valence-corrected chi connectivity index (χ3v) is 5.77. The van der Waals surface area contributed by atoms with Gasteiger partial charge in [0, 0.05) is 6.54 Å². The van der Waals surface area contributed by atoms with E-state index in [1.807, 2.05) is 18.2 Å². The first-order valence-corrected chi connectivity index (χ1v) is 11.1. The predicted octanol–water partition coefficient (Wildman–Crippen LogP) is 3.82. The van der Waals surface area contributed by atoms with E-state index in [-0.39, 0.29) is 17.1 Å². The van der Waals surface area contributed by atoms with Gasteiger partial charge in [-0.1, -0.05) is 74.9 Å². The molecular formula is C25H32N4O3. The molecule has 0 amide bonds. The molecule has 3 aromatic rings. The van der Waals surface area contributed by atoms with Crippen molar-refractivity contribution in [3.63, 3.8) is 0 Å². The Morgan fingerprint density at radius 1 is 1.19 bits per heavy atom. The first kappa shape index (κ1) is 22.5. The molecule has 4 rings (SSSR count). The van der Waals surface area contributed by atoms with Crippen LogP contribution in [0.1, 0.15) is 54.9 Å². The number of nitrogens with zero attached hydrogens (tertiary/aromatic N) is 2. The number of rotatable bonds is 6. The Kier molecular flexibility index (Phi) is 6.60. The third-order valence-electron chi connectivity index (χ3n) is 5.77. The van der Waals surface area contributed by atoms with Crippen molar-refractivity contribution in [3.05, 3.63) is 87.1 Å². The summed E-state index contributed by atoms with van der Waals surface area (Å²) in [7, 11) is 0. The van der Waals surface area contributed by atoms with Crippen LogP contribution in [0.2, 0.25) is 0 Å². The highest BCUT2D eigenvalue weighted by molar-refractivity contribution is 5.33. The number of aryl methyl sites for hydroxylation is 1. The van der Waals surface area contributed by atoms with Crippen LogP contribution in [-0.4, -0.2) is 39.5 Å². The molecule has 0 saturated carbocycles. The van der Waals surface area contributed by atoms with E-state index in [1.54, 1.807) is 0 Å². The fourth-order valence-corrected chi connectivity index (χ4v) is 4.15. The van der Waals surface area contributed by atoms with Crippen LogP contribution in [0, 0.1) is 6.92 Å². The van der Waals surface area contributed by atoms with Crippen LogP contribution in [0.4, 0.5) is 0 Å². The fourth-order valence-electron chi connectivity index (χ4n) is 4.15. The highest BCUT2D eigenvalue weighted by Crippen LogP contribution is 2.32. The molecule has 0 radical (unpaired) electrons. The van der Waals surface area contributed by atoms with Crippen molar-refractivity contribution in [3.8, 4) is 0 Å². The molecule has 2 atom stereocenters. The Morgan fingerprint density at radius 3 is 2.66 bits per heavy atom. The van der Waals surface area contributed by atoms with Gasteiger partial charge in [0.25, 0.3) is 0 Å². The Labute approximate surface area is 188 Å². The molecule has 2 N–H and O–H groups in total. The second-order valence-corrected chi connectivity index (χ2v) is 9.46. The normalized spacial score (nSPS) is 19.9. The van der Waals surface area contributed by atoms with Crippen LogP contribution in [0.5, 0.6) is 0 Å². The van der Waals surface area contributed by atoms with E-state index in [2.05, 4.69) is 78.1 Å². The zero-order valence-electron chi connectivity index (χ0n) is 19.2. The molecule has 2 heterocycles. The van der Waals surface area contributed by atoms with E-state index in [0.717, 1.165) is 11.1 Å². The molecule has 7 nitrogen and oxygen atoms in total. The molecule has 1 aliphatic heterocycles. The smallest absolute Gasteiger partial charge is 0.340 e. The lowest BCUT2D eigenvalue weighted by molar-refractivity contribution is -0.218. The van der Waals surface area contributed by atoms with Gasteiger partial charge in [0.1, 0.15) is 5.82 Å². The third kappa shape index (κ3) is 5.35. The zero-order valence-corrected chi connectivity index (χ0v) is 19.2. The van der Waals surface area contributed by atoms with Crippen LogP contribution in [0.25, 0.3) is 0 Å². The molecule has 0 spiro atoms. The maximum Gasteiger partial charge on any atom is 0.340 e. The van der Waals surface area contributed by atoms with Gasteiger partial charge in [0.05, 0.1) is 25.8 Å². The summed E-state index contributed by atoms with van der Waals surface area (Å²) in [5.41, 5.74) is 4.54. The summed E-state index contributed by atoms with van der Waals surface area (Å²) in [6.45, 7) is 11.0. The number of hydrogen-bond donors (Lipinski definition) is 2. The van der Waals surface area contributed by atoms with E-state index in [1.165, 1.54) is 11.1 Å². The highest BCUT2D eigenvalue weighted by atomic mass is 16.7. The molecule has 2 unspecified atom stereocenters. The fraction of sp³-hybridized carbons (Fsp3) is 0.440. The van der Waals surface area contributed by atoms with Gasteiger partial charge >= 0.3 is 5.69 Å². The van der Waals surface area contributed by atoms with Gasteiger partial charge in [-0.25, -0.2) is 9.89 Å². The predicted molar refractivity (Wildman–Crippen MR) is 123 cm³/mol. The summed E-state index contributed by atoms with van der Waals surface area (Å²) in [6.07, 6.45) is -0.435. The number of ether oxygens (including phenoxy) is 2. The summed E-state index contributed by atoms with van der Waals surface area (Å²) >= 11 is 0. The summed E-state index contributed by atoms with van der Waals surface area (Å²) in [5, 5.41) is 6.53. The lowest BCUT2D eigenvalue weighted by Gasteiger charge is -2.40. The van der Waals surface area contributed by atoms with Crippen molar-refractivity contribution in [2.24, 2.45) is 0 Å². The number of aromatic nitrogens is 3. The molecule has 0 aliphatic carbocycles. The number of morpholine rings is 1. The van der Waals surface area contributed by atoms with Gasteiger partial charge in [0.15, 0.2) is 6.29 Å². The molecule has 32 heavy (non-hydrogen) atoms. The zero-order chi connectivity index (χ0) is 22.7. The maximum atomic E-state index is 11.5. The first-order chi connectivity index (χ1) is 15.3. The minimum Gasteiger partial charge on any atom is -0.349 e. The largest absolute Gasteiger partial charge is 0.349 e. The number of hydrogen-bond acceptors (Lipinski definition) is 5. The van der Waals surface area contributed by atoms with Gasteiger partial charge in [-0.2, -0.15) is 5.10 Å². The first-order valence-electron chi connectivity index (χ1n) is 11.1. The van der Waals surface area contributed by atoms with Crippen molar-refractivity contribution in [2.75, 3.05) is 13.2 Å². The van der Waals surface area contributed by atoms with Crippen LogP contribution in [0.3, 0.4) is 0 Å². The molecule has 170 valence electrons. The van der Waals surface area contributed by atoms with E-state index in [0.29, 0.717) is 32.1 Å². The Morgan fingerprint density at radius 2 is 1.97 bits per heavy atom. The molecule has 1 fully saturated rings. The molecule has 1 aromatic heterocycles.